The van der Waals surface area contributed by atoms with Gasteiger partial charge in [-0.15, -0.1) is 0 Å². The van der Waals surface area contributed by atoms with Crippen LogP contribution in [0.1, 0.15) is 37.7 Å². The van der Waals surface area contributed by atoms with E-state index in [1.807, 2.05) is 0 Å². The lowest BCUT2D eigenvalue weighted by Gasteiger charge is -2.06. The van der Waals surface area contributed by atoms with E-state index in [1.165, 1.54) is 6.07 Å². The minimum absolute atomic E-state index is 0.191. The molecule has 0 atom stereocenters. The SMILES string of the molecule is Cc1noc(C)c1CCNC(=O)c1ccc(C(=O)O)cc1F. The Labute approximate surface area is 125 Å². The van der Waals surface area contributed by atoms with Crippen molar-refractivity contribution in [1.29, 1.82) is 0 Å². The summed E-state index contributed by atoms with van der Waals surface area (Å²) < 4.78 is 18.8. The fourth-order valence-electron chi connectivity index (χ4n) is 2.09. The van der Waals surface area contributed by atoms with E-state index in [1.54, 1.807) is 13.8 Å². The molecule has 6 nitrogen and oxygen atoms in total. The van der Waals surface area contributed by atoms with Gasteiger partial charge in [0.05, 0.1) is 16.8 Å². The van der Waals surface area contributed by atoms with Gasteiger partial charge < -0.3 is 14.9 Å². The maximum absolute atomic E-state index is 13.7. The van der Waals surface area contributed by atoms with Gasteiger partial charge in [-0.05, 0) is 38.5 Å². The molecule has 0 saturated carbocycles. The van der Waals surface area contributed by atoms with Gasteiger partial charge in [-0.25, -0.2) is 9.18 Å². The minimum atomic E-state index is -1.25. The summed E-state index contributed by atoms with van der Waals surface area (Å²) >= 11 is 0. The van der Waals surface area contributed by atoms with E-state index >= 15 is 0 Å². The van der Waals surface area contributed by atoms with Gasteiger partial charge in [0.25, 0.3) is 5.91 Å². The Hall–Kier alpha value is -2.70. The molecule has 7 heteroatoms. The predicted octanol–water partition coefficient (Wildman–Crippen LogP) is 2.10. The Morgan fingerprint density at radius 3 is 2.64 bits per heavy atom. The number of nitrogens with one attached hydrogen (secondary N) is 1. The molecule has 2 rings (SSSR count). The maximum Gasteiger partial charge on any atom is 0.335 e. The molecule has 0 aliphatic heterocycles. The molecule has 0 radical (unpaired) electrons. The van der Waals surface area contributed by atoms with Crippen molar-refractivity contribution >= 4 is 11.9 Å². The molecule has 116 valence electrons. The summed E-state index contributed by atoms with van der Waals surface area (Å²) in [5.74, 6) is -2.02. The van der Waals surface area contributed by atoms with E-state index in [4.69, 9.17) is 9.63 Å². The highest BCUT2D eigenvalue weighted by atomic mass is 19.1. The van der Waals surface area contributed by atoms with E-state index in [-0.39, 0.29) is 11.1 Å². The van der Waals surface area contributed by atoms with Gasteiger partial charge in [-0.3, -0.25) is 4.79 Å². The van der Waals surface area contributed by atoms with Gasteiger partial charge in [-0.2, -0.15) is 0 Å². The van der Waals surface area contributed by atoms with Gasteiger partial charge in [0.2, 0.25) is 0 Å². The van der Waals surface area contributed by atoms with Crippen molar-refractivity contribution in [3.8, 4) is 0 Å². The molecule has 1 aromatic heterocycles. The molecule has 1 heterocycles. The molecule has 0 bridgehead atoms. The lowest BCUT2D eigenvalue weighted by atomic mass is 10.1. The third-order valence-corrected chi connectivity index (χ3v) is 3.30. The van der Waals surface area contributed by atoms with Gasteiger partial charge in [0, 0.05) is 12.1 Å². The molecular weight excluding hydrogens is 291 g/mol. The fourth-order valence-corrected chi connectivity index (χ4v) is 2.09. The second-order valence-electron chi connectivity index (χ2n) is 4.81. The van der Waals surface area contributed by atoms with Gasteiger partial charge >= 0.3 is 5.97 Å². The van der Waals surface area contributed by atoms with Crippen LogP contribution in [0.25, 0.3) is 0 Å². The zero-order valence-electron chi connectivity index (χ0n) is 12.1. The van der Waals surface area contributed by atoms with Crippen molar-refractivity contribution in [2.24, 2.45) is 0 Å². The molecule has 2 aromatic rings. The van der Waals surface area contributed by atoms with Crippen molar-refractivity contribution in [3.05, 3.63) is 52.2 Å². The van der Waals surface area contributed by atoms with Crippen molar-refractivity contribution in [1.82, 2.24) is 10.5 Å². The first-order valence-corrected chi connectivity index (χ1v) is 6.63. The first-order chi connectivity index (χ1) is 10.4. The van der Waals surface area contributed by atoms with E-state index < -0.39 is 17.7 Å². The van der Waals surface area contributed by atoms with Crippen LogP contribution in [-0.2, 0) is 6.42 Å². The van der Waals surface area contributed by atoms with Crippen LogP contribution in [-0.4, -0.2) is 28.7 Å². The zero-order valence-corrected chi connectivity index (χ0v) is 12.1. The lowest BCUT2D eigenvalue weighted by Crippen LogP contribution is -2.27. The summed E-state index contributed by atoms with van der Waals surface area (Å²) in [4.78, 5) is 22.6. The molecule has 2 N–H and O–H groups in total. The second-order valence-corrected chi connectivity index (χ2v) is 4.81. The van der Waals surface area contributed by atoms with Crippen LogP contribution in [0.4, 0.5) is 4.39 Å². The number of carbonyl (C=O) groups is 2. The highest BCUT2D eigenvalue weighted by Gasteiger charge is 2.15. The van der Waals surface area contributed by atoms with Crippen molar-refractivity contribution in [2.45, 2.75) is 20.3 Å². The number of aromatic nitrogens is 1. The van der Waals surface area contributed by atoms with Crippen LogP contribution < -0.4 is 5.32 Å². The molecule has 0 fully saturated rings. The van der Waals surface area contributed by atoms with Gasteiger partial charge in [-0.1, -0.05) is 5.16 Å². The van der Waals surface area contributed by atoms with E-state index in [0.29, 0.717) is 18.7 Å². The average molecular weight is 306 g/mol. The molecule has 0 saturated heterocycles. The smallest absolute Gasteiger partial charge is 0.335 e. The minimum Gasteiger partial charge on any atom is -0.478 e. The standard InChI is InChI=1S/C15H15FN2O4/c1-8-11(9(2)22-18-8)5-6-17-14(19)12-4-3-10(15(20)21)7-13(12)16/h3-4,7H,5-6H2,1-2H3,(H,17,19)(H,20,21). The lowest BCUT2D eigenvalue weighted by molar-refractivity contribution is 0.0695. The number of nitrogens with zero attached hydrogens (tertiary/aromatic N) is 1. The number of hydrogen-bond donors (Lipinski definition) is 2. The Morgan fingerprint density at radius 1 is 1.36 bits per heavy atom. The average Bonchev–Trinajstić information content (AvgIpc) is 2.78. The first-order valence-electron chi connectivity index (χ1n) is 6.63. The molecule has 22 heavy (non-hydrogen) atoms. The van der Waals surface area contributed by atoms with E-state index in [2.05, 4.69) is 10.5 Å². The summed E-state index contributed by atoms with van der Waals surface area (Å²) in [6.07, 6.45) is 0.516. The highest BCUT2D eigenvalue weighted by molar-refractivity contribution is 5.96. The van der Waals surface area contributed by atoms with Gasteiger partial charge in [0.1, 0.15) is 11.6 Å². The number of benzene rings is 1. The zero-order chi connectivity index (χ0) is 16.3. The summed E-state index contributed by atoms with van der Waals surface area (Å²) in [5, 5.41) is 15.2. The highest BCUT2D eigenvalue weighted by Crippen LogP contribution is 2.13. The van der Waals surface area contributed by atoms with Crippen molar-refractivity contribution < 1.29 is 23.6 Å². The molecule has 0 aliphatic rings. The van der Waals surface area contributed by atoms with Crippen LogP contribution in [0, 0.1) is 19.7 Å². The van der Waals surface area contributed by atoms with Crippen LogP contribution >= 0.6 is 0 Å². The van der Waals surface area contributed by atoms with E-state index in [0.717, 1.165) is 23.4 Å². The largest absolute Gasteiger partial charge is 0.478 e. The Bertz CT molecular complexity index is 705. The Balaban J connectivity index is 1.99. The number of aromatic carboxylic acids is 1. The number of hydrogen-bond acceptors (Lipinski definition) is 4. The summed E-state index contributed by atoms with van der Waals surface area (Å²) in [5.41, 5.74) is 1.26. The number of amides is 1. The molecule has 0 spiro atoms. The number of carbonyl (C=O) groups excluding carboxylic acids is 1. The summed E-state index contributed by atoms with van der Waals surface area (Å²) in [6, 6.07) is 3.17. The molecular formula is C15H15FN2O4. The summed E-state index contributed by atoms with van der Waals surface area (Å²) in [7, 11) is 0. The molecule has 0 unspecified atom stereocenters. The second kappa shape index (κ2) is 6.38. The molecule has 1 aromatic carbocycles. The molecule has 1 amide bonds. The number of carboxylic acid groups (broad SMARTS) is 1. The quantitative estimate of drug-likeness (QED) is 0.882. The van der Waals surface area contributed by atoms with E-state index in [9.17, 15) is 14.0 Å². The van der Waals surface area contributed by atoms with Crippen LogP contribution in [0.5, 0.6) is 0 Å². The Morgan fingerprint density at radius 2 is 2.09 bits per heavy atom. The maximum atomic E-state index is 13.7. The van der Waals surface area contributed by atoms with Crippen molar-refractivity contribution in [2.75, 3.05) is 6.54 Å². The molecule has 0 aliphatic carbocycles. The third kappa shape index (κ3) is 3.30. The summed E-state index contributed by atoms with van der Waals surface area (Å²) in [6.45, 7) is 3.88. The topological polar surface area (TPSA) is 92.4 Å². The Kier molecular flexibility index (Phi) is 4.55. The number of rotatable bonds is 5. The van der Waals surface area contributed by atoms with Crippen LogP contribution in [0.15, 0.2) is 22.7 Å². The predicted molar refractivity (Wildman–Crippen MR) is 75.4 cm³/mol. The fraction of sp³-hybridized carbons (Fsp3) is 0.267. The first kappa shape index (κ1) is 15.7. The normalized spacial score (nSPS) is 10.5. The number of aryl methyl sites for hydroxylation is 2. The number of carboxylic acids is 1. The third-order valence-electron chi connectivity index (χ3n) is 3.30. The monoisotopic (exact) mass is 306 g/mol. The van der Waals surface area contributed by atoms with Gasteiger partial charge in [0.15, 0.2) is 0 Å². The van der Waals surface area contributed by atoms with Crippen molar-refractivity contribution in [3.63, 3.8) is 0 Å². The van der Waals surface area contributed by atoms with Crippen LogP contribution in [0.3, 0.4) is 0 Å². The number of halogens is 1. The van der Waals surface area contributed by atoms with Crippen LogP contribution in [0.2, 0.25) is 0 Å².